The van der Waals surface area contributed by atoms with Crippen molar-refractivity contribution in [1.29, 1.82) is 0 Å². The molecule has 3 aromatic rings. The third kappa shape index (κ3) is 3.82. The summed E-state index contributed by atoms with van der Waals surface area (Å²) in [4.78, 5) is 13.6. The highest BCUT2D eigenvalue weighted by atomic mass is 15.4. The first-order chi connectivity index (χ1) is 13.6. The number of pyridine rings is 2. The molecule has 1 aliphatic heterocycles. The Morgan fingerprint density at radius 1 is 1.07 bits per heavy atom. The van der Waals surface area contributed by atoms with E-state index in [1.54, 1.807) is 10.9 Å². The van der Waals surface area contributed by atoms with E-state index in [1.807, 2.05) is 31.6 Å². The SMILES string of the molecule is CCCN1CCN(c2cncc(-c3cn(-c4cc(N)cnc4C)nn3)c2)CC1. The van der Waals surface area contributed by atoms with Crippen LogP contribution in [0.4, 0.5) is 11.4 Å². The lowest BCUT2D eigenvalue weighted by Crippen LogP contribution is -2.46. The van der Waals surface area contributed by atoms with E-state index in [2.05, 4.69) is 43.1 Å². The smallest absolute Gasteiger partial charge is 0.115 e. The average Bonchev–Trinajstić information content (AvgIpc) is 3.21. The van der Waals surface area contributed by atoms with Crippen molar-refractivity contribution in [1.82, 2.24) is 29.9 Å². The minimum atomic E-state index is 0.600. The normalized spacial score (nSPS) is 15.1. The molecule has 0 radical (unpaired) electrons. The maximum atomic E-state index is 5.87. The van der Waals surface area contributed by atoms with Crippen LogP contribution >= 0.6 is 0 Å². The highest BCUT2D eigenvalue weighted by molar-refractivity contribution is 5.64. The lowest BCUT2D eigenvalue weighted by atomic mass is 10.2. The Balaban J connectivity index is 1.54. The highest BCUT2D eigenvalue weighted by Gasteiger charge is 2.17. The van der Waals surface area contributed by atoms with Gasteiger partial charge in [0.2, 0.25) is 0 Å². The largest absolute Gasteiger partial charge is 0.397 e. The molecule has 1 saturated heterocycles. The molecule has 0 atom stereocenters. The van der Waals surface area contributed by atoms with Gasteiger partial charge < -0.3 is 10.6 Å². The molecule has 0 unspecified atom stereocenters. The van der Waals surface area contributed by atoms with Crippen LogP contribution in [0.25, 0.3) is 16.9 Å². The first kappa shape index (κ1) is 18.4. The van der Waals surface area contributed by atoms with Crippen molar-refractivity contribution in [3.8, 4) is 16.9 Å². The molecule has 4 heterocycles. The van der Waals surface area contributed by atoms with Crippen molar-refractivity contribution in [3.63, 3.8) is 0 Å². The van der Waals surface area contributed by atoms with Gasteiger partial charge >= 0.3 is 0 Å². The summed E-state index contributed by atoms with van der Waals surface area (Å²) in [7, 11) is 0. The Morgan fingerprint density at radius 3 is 2.68 bits per heavy atom. The molecule has 8 nitrogen and oxygen atoms in total. The number of hydrogen-bond acceptors (Lipinski definition) is 7. The maximum absolute atomic E-state index is 5.87. The van der Waals surface area contributed by atoms with Gasteiger partial charge in [0.15, 0.2) is 0 Å². The Hall–Kier alpha value is -3.00. The molecule has 0 aromatic carbocycles. The summed E-state index contributed by atoms with van der Waals surface area (Å²) < 4.78 is 1.71. The molecule has 1 aliphatic rings. The highest BCUT2D eigenvalue weighted by Crippen LogP contribution is 2.24. The molecule has 0 amide bonds. The molecule has 146 valence electrons. The molecule has 2 N–H and O–H groups in total. The van der Waals surface area contributed by atoms with E-state index in [4.69, 9.17) is 5.73 Å². The van der Waals surface area contributed by atoms with Gasteiger partial charge in [-0.1, -0.05) is 12.1 Å². The second kappa shape index (κ2) is 7.93. The van der Waals surface area contributed by atoms with Gasteiger partial charge in [-0.3, -0.25) is 14.9 Å². The number of nitrogen functional groups attached to an aromatic ring is 1. The van der Waals surface area contributed by atoms with Gasteiger partial charge in [0, 0.05) is 37.9 Å². The Kier molecular flexibility index (Phi) is 5.21. The fourth-order valence-corrected chi connectivity index (χ4v) is 3.57. The number of nitrogens with two attached hydrogens (primary N) is 1. The number of piperazine rings is 1. The quantitative estimate of drug-likeness (QED) is 0.727. The van der Waals surface area contributed by atoms with Crippen molar-refractivity contribution in [2.45, 2.75) is 20.3 Å². The molecule has 0 spiro atoms. The van der Waals surface area contributed by atoms with Crippen molar-refractivity contribution in [2.75, 3.05) is 43.4 Å². The predicted octanol–water partition coefficient (Wildman–Crippen LogP) is 2.15. The first-order valence-electron chi connectivity index (χ1n) is 9.71. The Bertz CT molecular complexity index is 943. The number of aromatic nitrogens is 5. The number of aryl methyl sites for hydroxylation is 1. The fraction of sp³-hybridized carbons (Fsp3) is 0.400. The molecule has 8 heteroatoms. The lowest BCUT2D eigenvalue weighted by Gasteiger charge is -2.35. The van der Waals surface area contributed by atoms with E-state index in [0.717, 1.165) is 54.5 Å². The van der Waals surface area contributed by atoms with Crippen LogP contribution in [-0.4, -0.2) is 62.6 Å². The second-order valence-electron chi connectivity index (χ2n) is 7.18. The van der Waals surface area contributed by atoms with Gasteiger partial charge in [0.25, 0.3) is 0 Å². The van der Waals surface area contributed by atoms with E-state index in [-0.39, 0.29) is 0 Å². The third-order valence-electron chi connectivity index (χ3n) is 5.12. The number of nitrogens with zero attached hydrogens (tertiary/aromatic N) is 7. The van der Waals surface area contributed by atoms with Crippen molar-refractivity contribution < 1.29 is 0 Å². The summed E-state index contributed by atoms with van der Waals surface area (Å²) in [5, 5.41) is 8.59. The van der Waals surface area contributed by atoms with Crippen molar-refractivity contribution in [3.05, 3.63) is 42.6 Å². The number of anilines is 2. The molecule has 1 fully saturated rings. The minimum absolute atomic E-state index is 0.600. The zero-order chi connectivity index (χ0) is 19.5. The second-order valence-corrected chi connectivity index (χ2v) is 7.18. The standard InChI is InChI=1S/C20H26N8/c1-3-4-26-5-7-27(8-6-26)18-9-16(11-22-13-18)19-14-28(25-24-19)20-10-17(21)12-23-15(20)2/h9-14H,3-8,21H2,1-2H3. The number of rotatable bonds is 5. The van der Waals surface area contributed by atoms with Crippen LogP contribution in [0.3, 0.4) is 0 Å². The number of hydrogen-bond donors (Lipinski definition) is 1. The molecule has 0 saturated carbocycles. The molecule has 4 rings (SSSR count). The lowest BCUT2D eigenvalue weighted by molar-refractivity contribution is 0.258. The minimum Gasteiger partial charge on any atom is -0.397 e. The van der Waals surface area contributed by atoms with Crippen LogP contribution in [-0.2, 0) is 0 Å². The van der Waals surface area contributed by atoms with Crippen LogP contribution in [0.2, 0.25) is 0 Å². The van der Waals surface area contributed by atoms with Crippen LogP contribution in [0.5, 0.6) is 0 Å². The zero-order valence-corrected chi connectivity index (χ0v) is 16.4. The topological polar surface area (TPSA) is 89.0 Å². The van der Waals surface area contributed by atoms with Crippen LogP contribution in [0.1, 0.15) is 19.0 Å². The maximum Gasteiger partial charge on any atom is 0.115 e. The third-order valence-corrected chi connectivity index (χ3v) is 5.12. The fourth-order valence-electron chi connectivity index (χ4n) is 3.57. The van der Waals surface area contributed by atoms with E-state index in [1.165, 1.54) is 13.0 Å². The van der Waals surface area contributed by atoms with Crippen molar-refractivity contribution in [2.24, 2.45) is 0 Å². The Labute approximate surface area is 165 Å². The zero-order valence-electron chi connectivity index (χ0n) is 16.4. The summed E-state index contributed by atoms with van der Waals surface area (Å²) in [6.45, 7) is 9.56. The summed E-state index contributed by atoms with van der Waals surface area (Å²) in [6.07, 6.45) is 8.49. The predicted molar refractivity (Wildman–Crippen MR) is 110 cm³/mol. The van der Waals surface area contributed by atoms with Gasteiger partial charge in [-0.2, -0.15) is 0 Å². The van der Waals surface area contributed by atoms with Crippen LogP contribution in [0, 0.1) is 6.92 Å². The molecule has 28 heavy (non-hydrogen) atoms. The van der Waals surface area contributed by atoms with Gasteiger partial charge in [-0.25, -0.2) is 4.68 Å². The molecule has 0 aliphatic carbocycles. The monoisotopic (exact) mass is 378 g/mol. The van der Waals surface area contributed by atoms with Crippen LogP contribution in [0.15, 0.2) is 36.9 Å². The van der Waals surface area contributed by atoms with E-state index in [0.29, 0.717) is 5.69 Å². The average molecular weight is 378 g/mol. The van der Waals surface area contributed by atoms with Gasteiger partial charge in [0.05, 0.1) is 41.3 Å². The van der Waals surface area contributed by atoms with Gasteiger partial charge in [0.1, 0.15) is 5.69 Å². The van der Waals surface area contributed by atoms with E-state index >= 15 is 0 Å². The van der Waals surface area contributed by atoms with Crippen molar-refractivity contribution >= 4 is 11.4 Å². The molecular formula is C20H26N8. The van der Waals surface area contributed by atoms with Gasteiger partial charge in [-0.05, 0) is 32.0 Å². The molecule has 0 bridgehead atoms. The van der Waals surface area contributed by atoms with Gasteiger partial charge in [-0.15, -0.1) is 5.10 Å². The van der Waals surface area contributed by atoms with E-state index < -0.39 is 0 Å². The Morgan fingerprint density at radius 2 is 1.89 bits per heavy atom. The molecule has 3 aromatic heterocycles. The summed E-state index contributed by atoms with van der Waals surface area (Å²) in [5.41, 5.74) is 11.0. The van der Waals surface area contributed by atoms with Crippen LogP contribution < -0.4 is 10.6 Å². The molecular weight excluding hydrogens is 352 g/mol. The van der Waals surface area contributed by atoms with E-state index in [9.17, 15) is 0 Å². The summed E-state index contributed by atoms with van der Waals surface area (Å²) in [6, 6.07) is 3.99. The summed E-state index contributed by atoms with van der Waals surface area (Å²) in [5.74, 6) is 0. The summed E-state index contributed by atoms with van der Waals surface area (Å²) >= 11 is 0. The first-order valence-corrected chi connectivity index (χ1v) is 9.71.